The second-order valence-electron chi connectivity index (χ2n) is 5.16. The van der Waals surface area contributed by atoms with E-state index >= 15 is 0 Å². The number of amides is 1. The van der Waals surface area contributed by atoms with Gasteiger partial charge in [0, 0.05) is 12.2 Å². The summed E-state index contributed by atoms with van der Waals surface area (Å²) in [5.74, 6) is 0.350. The molecule has 1 atom stereocenters. The predicted molar refractivity (Wildman–Crippen MR) is 71.5 cm³/mol. The van der Waals surface area contributed by atoms with Gasteiger partial charge in [0.25, 0.3) is 0 Å². The first-order valence-electron chi connectivity index (χ1n) is 6.34. The van der Waals surface area contributed by atoms with Crippen molar-refractivity contribution in [3.8, 4) is 0 Å². The van der Waals surface area contributed by atoms with Gasteiger partial charge in [-0.2, -0.15) is 5.10 Å². The highest BCUT2D eigenvalue weighted by Crippen LogP contribution is 2.17. The molecule has 1 aromatic rings. The van der Waals surface area contributed by atoms with Crippen LogP contribution in [-0.2, 0) is 21.2 Å². The molecule has 0 radical (unpaired) electrons. The van der Waals surface area contributed by atoms with Crippen LogP contribution in [0.15, 0.2) is 6.07 Å². The standard InChI is InChI=1S/C12H19N3O3S/c1-9-5-10(2)15(14-9)7-12(16)13-6-11-3-4-19(17,18)8-11/h5,11H,3-4,6-8H2,1-2H3,(H,13,16)/t11-/m1/s1. The molecule has 7 heteroatoms. The Morgan fingerprint density at radius 3 is 2.79 bits per heavy atom. The number of nitrogens with zero attached hydrogens (tertiary/aromatic N) is 2. The number of carbonyl (C=O) groups excluding carboxylic acids is 1. The fraction of sp³-hybridized carbons (Fsp3) is 0.667. The summed E-state index contributed by atoms with van der Waals surface area (Å²) in [7, 11) is -2.87. The van der Waals surface area contributed by atoms with Crippen molar-refractivity contribution in [2.75, 3.05) is 18.1 Å². The molecule has 106 valence electrons. The Bertz CT molecular complexity index is 577. The summed E-state index contributed by atoms with van der Waals surface area (Å²) >= 11 is 0. The number of hydrogen-bond donors (Lipinski definition) is 1. The lowest BCUT2D eigenvalue weighted by molar-refractivity contribution is -0.122. The molecule has 1 aliphatic rings. The molecule has 19 heavy (non-hydrogen) atoms. The number of aryl methyl sites for hydroxylation is 2. The minimum absolute atomic E-state index is 0.0504. The summed E-state index contributed by atoms with van der Waals surface area (Å²) in [6.07, 6.45) is 0.641. The van der Waals surface area contributed by atoms with Crippen molar-refractivity contribution < 1.29 is 13.2 Å². The average Bonchev–Trinajstić information content (AvgIpc) is 2.79. The normalized spacial score (nSPS) is 21.5. The van der Waals surface area contributed by atoms with Crippen LogP contribution < -0.4 is 5.32 Å². The molecule has 2 rings (SSSR count). The summed E-state index contributed by atoms with van der Waals surface area (Å²) < 4.78 is 24.2. The average molecular weight is 285 g/mol. The van der Waals surface area contributed by atoms with E-state index in [1.54, 1.807) is 4.68 Å². The molecule has 0 aromatic carbocycles. The number of rotatable bonds is 4. The Morgan fingerprint density at radius 1 is 1.53 bits per heavy atom. The fourth-order valence-electron chi connectivity index (χ4n) is 2.32. The van der Waals surface area contributed by atoms with Crippen LogP contribution in [0.3, 0.4) is 0 Å². The van der Waals surface area contributed by atoms with Crippen LogP contribution in [0.1, 0.15) is 17.8 Å². The van der Waals surface area contributed by atoms with Gasteiger partial charge in [-0.3, -0.25) is 9.48 Å². The van der Waals surface area contributed by atoms with Crippen LogP contribution in [0, 0.1) is 19.8 Å². The maximum absolute atomic E-state index is 11.8. The zero-order chi connectivity index (χ0) is 14.0. The highest BCUT2D eigenvalue weighted by Gasteiger charge is 2.27. The SMILES string of the molecule is Cc1cc(C)n(CC(=O)NC[C@H]2CCS(=O)(=O)C2)n1. The van der Waals surface area contributed by atoms with E-state index in [-0.39, 0.29) is 29.9 Å². The summed E-state index contributed by atoms with van der Waals surface area (Å²) in [5.41, 5.74) is 1.82. The first-order valence-corrected chi connectivity index (χ1v) is 8.16. The first-order chi connectivity index (χ1) is 8.85. The summed E-state index contributed by atoms with van der Waals surface area (Å²) in [4.78, 5) is 11.8. The molecule has 0 unspecified atom stereocenters. The number of carbonyl (C=O) groups is 1. The van der Waals surface area contributed by atoms with Gasteiger partial charge in [0.15, 0.2) is 9.84 Å². The molecule has 1 N–H and O–H groups in total. The van der Waals surface area contributed by atoms with Crippen LogP contribution >= 0.6 is 0 Å². The number of sulfone groups is 1. The summed E-state index contributed by atoms with van der Waals surface area (Å²) in [6, 6.07) is 1.91. The van der Waals surface area contributed by atoms with Gasteiger partial charge in [-0.05, 0) is 32.3 Å². The molecule has 0 aliphatic carbocycles. The molecule has 0 saturated carbocycles. The van der Waals surface area contributed by atoms with E-state index in [0.717, 1.165) is 11.4 Å². The lowest BCUT2D eigenvalue weighted by Gasteiger charge is -2.10. The second kappa shape index (κ2) is 5.32. The Hall–Kier alpha value is -1.37. The quantitative estimate of drug-likeness (QED) is 0.847. The molecule has 1 saturated heterocycles. The van der Waals surface area contributed by atoms with E-state index in [1.165, 1.54) is 0 Å². The zero-order valence-corrected chi connectivity index (χ0v) is 12.0. The first kappa shape index (κ1) is 14.0. The lowest BCUT2D eigenvalue weighted by Crippen LogP contribution is -2.33. The Morgan fingerprint density at radius 2 is 2.26 bits per heavy atom. The minimum Gasteiger partial charge on any atom is -0.354 e. The Balaban J connectivity index is 1.81. The second-order valence-corrected chi connectivity index (χ2v) is 7.39. The third-order valence-electron chi connectivity index (χ3n) is 3.31. The molecule has 1 amide bonds. The minimum atomic E-state index is -2.87. The van der Waals surface area contributed by atoms with Gasteiger partial charge in [-0.15, -0.1) is 0 Å². The van der Waals surface area contributed by atoms with Gasteiger partial charge >= 0.3 is 0 Å². The number of nitrogens with one attached hydrogen (secondary N) is 1. The number of aromatic nitrogens is 2. The third kappa shape index (κ3) is 3.79. The highest BCUT2D eigenvalue weighted by atomic mass is 32.2. The van der Waals surface area contributed by atoms with Crippen molar-refractivity contribution in [3.05, 3.63) is 17.5 Å². The maximum Gasteiger partial charge on any atom is 0.241 e. The summed E-state index contributed by atoms with van der Waals surface area (Å²) in [5, 5.41) is 7.00. The Kier molecular flexibility index (Phi) is 3.93. The van der Waals surface area contributed by atoms with E-state index < -0.39 is 9.84 Å². The van der Waals surface area contributed by atoms with Crippen LogP contribution in [0.5, 0.6) is 0 Å². The molecule has 0 spiro atoms. The van der Waals surface area contributed by atoms with Gasteiger partial charge in [-0.1, -0.05) is 0 Å². The lowest BCUT2D eigenvalue weighted by atomic mass is 10.1. The van der Waals surface area contributed by atoms with Gasteiger partial charge in [0.2, 0.25) is 5.91 Å². The van der Waals surface area contributed by atoms with E-state index in [0.29, 0.717) is 13.0 Å². The highest BCUT2D eigenvalue weighted by molar-refractivity contribution is 7.91. The van der Waals surface area contributed by atoms with Crippen LogP contribution in [0.2, 0.25) is 0 Å². The molecule has 2 heterocycles. The largest absolute Gasteiger partial charge is 0.354 e. The molecule has 1 aromatic heterocycles. The predicted octanol–water partition coefficient (Wildman–Crippen LogP) is 0.0508. The van der Waals surface area contributed by atoms with E-state index in [9.17, 15) is 13.2 Å². The smallest absolute Gasteiger partial charge is 0.241 e. The third-order valence-corrected chi connectivity index (χ3v) is 5.15. The molecule has 0 bridgehead atoms. The Labute approximate surface area is 113 Å². The van der Waals surface area contributed by atoms with E-state index in [1.807, 2.05) is 19.9 Å². The number of hydrogen-bond acceptors (Lipinski definition) is 4. The van der Waals surface area contributed by atoms with Crippen LogP contribution in [-0.4, -0.2) is 42.2 Å². The molecular weight excluding hydrogens is 266 g/mol. The van der Waals surface area contributed by atoms with E-state index in [4.69, 9.17) is 0 Å². The van der Waals surface area contributed by atoms with Crippen molar-refractivity contribution in [2.24, 2.45) is 5.92 Å². The zero-order valence-electron chi connectivity index (χ0n) is 11.2. The molecular formula is C12H19N3O3S. The maximum atomic E-state index is 11.8. The monoisotopic (exact) mass is 285 g/mol. The van der Waals surface area contributed by atoms with Gasteiger partial charge in [-0.25, -0.2) is 8.42 Å². The van der Waals surface area contributed by atoms with Crippen molar-refractivity contribution in [1.82, 2.24) is 15.1 Å². The van der Waals surface area contributed by atoms with Gasteiger partial charge < -0.3 is 5.32 Å². The van der Waals surface area contributed by atoms with Gasteiger partial charge in [0.1, 0.15) is 6.54 Å². The van der Waals surface area contributed by atoms with Crippen molar-refractivity contribution >= 4 is 15.7 Å². The molecule has 6 nitrogen and oxygen atoms in total. The summed E-state index contributed by atoms with van der Waals surface area (Å²) in [6.45, 7) is 4.39. The van der Waals surface area contributed by atoms with Crippen molar-refractivity contribution in [3.63, 3.8) is 0 Å². The van der Waals surface area contributed by atoms with Gasteiger partial charge in [0.05, 0.1) is 17.2 Å². The van der Waals surface area contributed by atoms with Crippen LogP contribution in [0.4, 0.5) is 0 Å². The molecule has 1 aliphatic heterocycles. The van der Waals surface area contributed by atoms with Crippen molar-refractivity contribution in [2.45, 2.75) is 26.8 Å². The van der Waals surface area contributed by atoms with Crippen molar-refractivity contribution in [1.29, 1.82) is 0 Å². The van der Waals surface area contributed by atoms with E-state index in [2.05, 4.69) is 10.4 Å². The fourth-order valence-corrected chi connectivity index (χ4v) is 4.18. The molecule has 1 fully saturated rings. The van der Waals surface area contributed by atoms with Crippen LogP contribution in [0.25, 0.3) is 0 Å². The topological polar surface area (TPSA) is 81.1 Å².